The Morgan fingerprint density at radius 1 is 1.29 bits per heavy atom. The lowest BCUT2D eigenvalue weighted by Crippen LogP contribution is -2.16. The average Bonchev–Trinajstić information content (AvgIpc) is 2.65. The van der Waals surface area contributed by atoms with E-state index in [1.807, 2.05) is 6.20 Å². The van der Waals surface area contributed by atoms with Crippen molar-refractivity contribution in [3.05, 3.63) is 11.9 Å². The summed E-state index contributed by atoms with van der Waals surface area (Å²) in [6.07, 6.45) is 10.1. The Morgan fingerprint density at radius 2 is 2.06 bits per heavy atom. The fraction of sp³-hybridized carbons (Fsp3) is 0.833. The summed E-state index contributed by atoms with van der Waals surface area (Å²) < 4.78 is 7.69. The Kier molecular flexibility index (Phi) is 4.94. The molecule has 0 atom stereocenters. The molecule has 1 aromatic heterocycles. The van der Waals surface area contributed by atoms with Crippen molar-refractivity contribution in [2.75, 3.05) is 6.61 Å². The van der Waals surface area contributed by atoms with Gasteiger partial charge in [0, 0.05) is 12.7 Å². The van der Waals surface area contributed by atoms with Crippen LogP contribution in [-0.2, 0) is 17.8 Å². The molecule has 0 spiro atoms. The molecule has 0 amide bonds. The van der Waals surface area contributed by atoms with E-state index in [4.69, 9.17) is 10.5 Å². The summed E-state index contributed by atoms with van der Waals surface area (Å²) in [4.78, 5) is 0. The first-order valence-corrected chi connectivity index (χ1v) is 6.59. The number of nitrogens with zero attached hydrogens (tertiary/aromatic N) is 3. The van der Waals surface area contributed by atoms with Gasteiger partial charge in [0.25, 0.3) is 0 Å². The highest BCUT2D eigenvalue weighted by Gasteiger charge is 2.12. The maximum Gasteiger partial charge on any atom is 0.0962 e. The van der Waals surface area contributed by atoms with Gasteiger partial charge in [0.2, 0.25) is 0 Å². The molecule has 0 bridgehead atoms. The Balaban J connectivity index is 1.67. The molecule has 5 heteroatoms. The molecule has 1 fully saturated rings. The molecule has 5 nitrogen and oxygen atoms in total. The third-order valence-corrected chi connectivity index (χ3v) is 3.27. The van der Waals surface area contributed by atoms with Gasteiger partial charge in [0.1, 0.15) is 0 Å². The lowest BCUT2D eigenvalue weighted by atomic mass is 10.1. The summed E-state index contributed by atoms with van der Waals surface area (Å²) in [5, 5.41) is 7.94. The van der Waals surface area contributed by atoms with E-state index in [2.05, 4.69) is 10.3 Å². The van der Waals surface area contributed by atoms with E-state index in [0.717, 1.165) is 18.8 Å². The summed E-state index contributed by atoms with van der Waals surface area (Å²) in [6, 6.07) is 0. The van der Waals surface area contributed by atoms with Gasteiger partial charge in [-0.3, -0.25) is 0 Å². The second-order valence-corrected chi connectivity index (χ2v) is 4.66. The van der Waals surface area contributed by atoms with Crippen LogP contribution in [0, 0.1) is 0 Å². The summed E-state index contributed by atoms with van der Waals surface area (Å²) in [5.74, 6) is 0. The molecule has 1 saturated carbocycles. The van der Waals surface area contributed by atoms with E-state index in [0.29, 0.717) is 12.6 Å². The molecule has 0 aliphatic heterocycles. The molecule has 1 heterocycles. The van der Waals surface area contributed by atoms with Crippen LogP contribution >= 0.6 is 0 Å². The molecular weight excluding hydrogens is 216 g/mol. The van der Waals surface area contributed by atoms with Crippen molar-refractivity contribution in [2.24, 2.45) is 5.73 Å². The number of hydrogen-bond acceptors (Lipinski definition) is 4. The van der Waals surface area contributed by atoms with Crippen LogP contribution in [0.15, 0.2) is 6.20 Å². The Labute approximate surface area is 102 Å². The summed E-state index contributed by atoms with van der Waals surface area (Å²) in [5.41, 5.74) is 6.31. The molecule has 0 radical (unpaired) electrons. The molecule has 96 valence electrons. The largest absolute Gasteiger partial charge is 0.376 e. The molecule has 1 aliphatic rings. The van der Waals surface area contributed by atoms with Crippen LogP contribution < -0.4 is 5.73 Å². The zero-order valence-electron chi connectivity index (χ0n) is 10.3. The number of aromatic nitrogens is 3. The zero-order chi connectivity index (χ0) is 11.9. The Hall–Kier alpha value is -0.940. The molecule has 0 aromatic carbocycles. The minimum absolute atomic E-state index is 0.448. The van der Waals surface area contributed by atoms with Gasteiger partial charge in [0.15, 0.2) is 0 Å². The van der Waals surface area contributed by atoms with Gasteiger partial charge in [0.05, 0.1) is 24.9 Å². The highest BCUT2D eigenvalue weighted by atomic mass is 16.5. The molecule has 17 heavy (non-hydrogen) atoms. The second-order valence-electron chi connectivity index (χ2n) is 4.66. The first kappa shape index (κ1) is 12.5. The van der Waals surface area contributed by atoms with E-state index < -0.39 is 0 Å². The van der Waals surface area contributed by atoms with Crippen molar-refractivity contribution in [3.63, 3.8) is 0 Å². The highest BCUT2D eigenvalue weighted by molar-refractivity contribution is 4.90. The molecule has 1 aromatic rings. The van der Waals surface area contributed by atoms with Crippen molar-refractivity contribution >= 4 is 0 Å². The Bertz CT molecular complexity index is 318. The van der Waals surface area contributed by atoms with Gasteiger partial charge in [-0.05, 0) is 12.8 Å². The monoisotopic (exact) mass is 238 g/mol. The molecule has 0 saturated heterocycles. The molecule has 1 aliphatic carbocycles. The van der Waals surface area contributed by atoms with Crippen molar-refractivity contribution in [3.8, 4) is 0 Å². The maximum absolute atomic E-state index is 5.89. The van der Waals surface area contributed by atoms with Crippen LogP contribution in [0.4, 0.5) is 0 Å². The van der Waals surface area contributed by atoms with Gasteiger partial charge >= 0.3 is 0 Å². The number of rotatable bonds is 5. The fourth-order valence-electron chi connectivity index (χ4n) is 2.26. The molecule has 2 rings (SSSR count). The molecule has 0 unspecified atom stereocenters. The van der Waals surface area contributed by atoms with Gasteiger partial charge < -0.3 is 10.5 Å². The predicted octanol–water partition coefficient (Wildman–Crippen LogP) is 1.48. The number of hydrogen-bond donors (Lipinski definition) is 1. The van der Waals surface area contributed by atoms with E-state index >= 15 is 0 Å². The second kappa shape index (κ2) is 6.71. The first-order valence-electron chi connectivity index (χ1n) is 6.59. The summed E-state index contributed by atoms with van der Waals surface area (Å²) in [6.45, 7) is 1.94. The van der Waals surface area contributed by atoms with Gasteiger partial charge in [-0.2, -0.15) is 0 Å². The third kappa shape index (κ3) is 4.09. The van der Waals surface area contributed by atoms with Gasteiger partial charge in [-0.15, -0.1) is 5.10 Å². The van der Waals surface area contributed by atoms with E-state index in [9.17, 15) is 0 Å². The van der Waals surface area contributed by atoms with Crippen LogP contribution in [-0.4, -0.2) is 27.7 Å². The van der Waals surface area contributed by atoms with Crippen molar-refractivity contribution < 1.29 is 4.74 Å². The lowest BCUT2D eigenvalue weighted by Gasteiger charge is -2.14. The summed E-state index contributed by atoms with van der Waals surface area (Å²) >= 11 is 0. The normalized spacial score (nSPS) is 18.2. The topological polar surface area (TPSA) is 66.0 Å². The van der Waals surface area contributed by atoms with Crippen LogP contribution in [0.1, 0.15) is 44.2 Å². The average molecular weight is 238 g/mol. The van der Waals surface area contributed by atoms with Gasteiger partial charge in [-0.25, -0.2) is 4.68 Å². The van der Waals surface area contributed by atoms with E-state index in [1.165, 1.54) is 38.5 Å². The van der Waals surface area contributed by atoms with Crippen LogP contribution in [0.25, 0.3) is 0 Å². The molecular formula is C12H22N4O. The van der Waals surface area contributed by atoms with Crippen molar-refractivity contribution in [1.29, 1.82) is 0 Å². The quantitative estimate of drug-likeness (QED) is 0.789. The lowest BCUT2D eigenvalue weighted by molar-refractivity contribution is 0.0367. The van der Waals surface area contributed by atoms with E-state index in [1.54, 1.807) is 4.68 Å². The van der Waals surface area contributed by atoms with Gasteiger partial charge in [-0.1, -0.05) is 30.9 Å². The SMILES string of the molecule is NCc1cn(CCOC2CCCCCC2)nn1. The smallest absolute Gasteiger partial charge is 0.0962 e. The van der Waals surface area contributed by atoms with Crippen LogP contribution in [0.2, 0.25) is 0 Å². The zero-order valence-corrected chi connectivity index (χ0v) is 10.3. The number of nitrogens with two attached hydrogens (primary N) is 1. The van der Waals surface area contributed by atoms with Crippen molar-refractivity contribution in [1.82, 2.24) is 15.0 Å². The standard InChI is InChI=1S/C12H22N4O/c13-9-11-10-16(15-14-11)7-8-17-12-5-3-1-2-4-6-12/h10,12H,1-9,13H2. The molecule has 2 N–H and O–H groups in total. The van der Waals surface area contributed by atoms with Crippen molar-refractivity contribution in [2.45, 2.75) is 57.7 Å². The third-order valence-electron chi connectivity index (χ3n) is 3.27. The minimum Gasteiger partial charge on any atom is -0.376 e. The predicted molar refractivity (Wildman–Crippen MR) is 65.4 cm³/mol. The summed E-state index contributed by atoms with van der Waals surface area (Å²) in [7, 11) is 0. The highest BCUT2D eigenvalue weighted by Crippen LogP contribution is 2.19. The van der Waals surface area contributed by atoms with E-state index in [-0.39, 0.29) is 0 Å². The van der Waals surface area contributed by atoms with Crippen LogP contribution in [0.3, 0.4) is 0 Å². The number of ether oxygens (including phenoxy) is 1. The van der Waals surface area contributed by atoms with Crippen LogP contribution in [0.5, 0.6) is 0 Å². The Morgan fingerprint density at radius 3 is 2.71 bits per heavy atom. The maximum atomic E-state index is 5.89. The minimum atomic E-state index is 0.448. The first-order chi connectivity index (χ1) is 8.38. The fourth-order valence-corrected chi connectivity index (χ4v) is 2.26.